The number of hydrogen-bond acceptors (Lipinski definition) is 7. The second-order valence-electron chi connectivity index (χ2n) is 5.79. The number of carbonyl (C=O) groups is 1. The van der Waals surface area contributed by atoms with Crippen molar-refractivity contribution in [2.24, 2.45) is 0 Å². The maximum absolute atomic E-state index is 11.6. The van der Waals surface area contributed by atoms with Gasteiger partial charge in [0, 0.05) is 12.6 Å². The summed E-state index contributed by atoms with van der Waals surface area (Å²) in [5.74, 6) is 0. The minimum Gasteiger partial charge on any atom is -0.444 e. The predicted octanol–water partition coefficient (Wildman–Crippen LogP) is 0.202. The topological polar surface area (TPSA) is 155 Å². The standard InChI is InChI=1S/C13H19N3O7/c1-13(2,3)23-12(20)15-6-9(17)10(18)8-4-7(16(21)22)5-14-11(8)19/h4-5,9-10,17-18H,6H2,1-3H3,(H,14,19)(H,15,20). The Morgan fingerprint density at radius 3 is 2.61 bits per heavy atom. The Kier molecular flexibility index (Phi) is 5.82. The molecule has 0 bridgehead atoms. The van der Waals surface area contributed by atoms with E-state index >= 15 is 0 Å². The summed E-state index contributed by atoms with van der Waals surface area (Å²) in [6.07, 6.45) is -3.19. The van der Waals surface area contributed by atoms with Gasteiger partial charge in [-0.2, -0.15) is 0 Å². The van der Waals surface area contributed by atoms with Gasteiger partial charge in [-0.25, -0.2) is 4.79 Å². The molecule has 1 amide bonds. The molecular formula is C13H19N3O7. The Morgan fingerprint density at radius 2 is 2.09 bits per heavy atom. The van der Waals surface area contributed by atoms with Gasteiger partial charge in [0.1, 0.15) is 17.8 Å². The van der Waals surface area contributed by atoms with Crippen LogP contribution >= 0.6 is 0 Å². The van der Waals surface area contributed by atoms with Crippen molar-refractivity contribution in [3.8, 4) is 0 Å². The van der Waals surface area contributed by atoms with Crippen LogP contribution in [0.25, 0.3) is 0 Å². The number of ether oxygens (including phenoxy) is 1. The molecule has 10 heteroatoms. The van der Waals surface area contributed by atoms with Gasteiger partial charge in [0.25, 0.3) is 11.2 Å². The molecule has 4 N–H and O–H groups in total. The van der Waals surface area contributed by atoms with E-state index in [4.69, 9.17) is 4.74 Å². The number of carbonyl (C=O) groups excluding carboxylic acids is 1. The van der Waals surface area contributed by atoms with Crippen molar-refractivity contribution in [1.29, 1.82) is 0 Å². The first kappa shape index (κ1) is 18.6. The lowest BCUT2D eigenvalue weighted by Gasteiger charge is -2.22. The van der Waals surface area contributed by atoms with Crippen molar-refractivity contribution in [2.45, 2.75) is 38.6 Å². The number of pyridine rings is 1. The number of aliphatic hydroxyl groups excluding tert-OH is 2. The number of aromatic amines is 1. The predicted molar refractivity (Wildman–Crippen MR) is 78.9 cm³/mol. The molecule has 1 heterocycles. The normalized spacial score (nSPS) is 14.0. The lowest BCUT2D eigenvalue weighted by atomic mass is 10.1. The lowest BCUT2D eigenvalue weighted by Crippen LogP contribution is -2.39. The summed E-state index contributed by atoms with van der Waals surface area (Å²) in [6, 6.07) is 0.861. The largest absolute Gasteiger partial charge is 0.444 e. The van der Waals surface area contributed by atoms with Gasteiger partial charge < -0.3 is 25.3 Å². The number of rotatable bonds is 5. The van der Waals surface area contributed by atoms with Gasteiger partial charge in [-0.1, -0.05) is 0 Å². The molecule has 1 aromatic heterocycles. The zero-order valence-corrected chi connectivity index (χ0v) is 12.9. The second kappa shape index (κ2) is 7.20. The van der Waals surface area contributed by atoms with E-state index < -0.39 is 46.6 Å². The molecule has 2 unspecified atom stereocenters. The highest BCUT2D eigenvalue weighted by molar-refractivity contribution is 5.67. The maximum Gasteiger partial charge on any atom is 0.407 e. The first-order chi connectivity index (χ1) is 10.5. The van der Waals surface area contributed by atoms with E-state index in [0.29, 0.717) is 0 Å². The molecule has 0 spiro atoms. The Morgan fingerprint density at radius 1 is 1.48 bits per heavy atom. The summed E-state index contributed by atoms with van der Waals surface area (Å²) in [4.78, 5) is 35.1. The summed E-state index contributed by atoms with van der Waals surface area (Å²) in [6.45, 7) is 4.56. The molecule has 0 radical (unpaired) electrons. The van der Waals surface area contributed by atoms with Crippen LogP contribution in [0.4, 0.5) is 10.5 Å². The quantitative estimate of drug-likeness (QED) is 0.444. The highest BCUT2D eigenvalue weighted by Crippen LogP contribution is 2.17. The van der Waals surface area contributed by atoms with E-state index in [-0.39, 0.29) is 5.56 Å². The molecule has 1 rings (SSSR count). The molecule has 0 aliphatic heterocycles. The van der Waals surface area contributed by atoms with Gasteiger partial charge >= 0.3 is 6.09 Å². The Bertz CT molecular complexity index is 635. The Labute approximate surface area is 131 Å². The van der Waals surface area contributed by atoms with Gasteiger partial charge in [0.05, 0.1) is 16.7 Å². The van der Waals surface area contributed by atoms with Crippen LogP contribution in [0.1, 0.15) is 32.4 Å². The Balaban J connectivity index is 2.75. The number of nitrogens with zero attached hydrogens (tertiary/aromatic N) is 1. The van der Waals surface area contributed by atoms with Crippen LogP contribution in [-0.4, -0.2) is 44.5 Å². The van der Waals surface area contributed by atoms with Crippen LogP contribution in [0.2, 0.25) is 0 Å². The monoisotopic (exact) mass is 329 g/mol. The van der Waals surface area contributed by atoms with Crippen molar-refractivity contribution < 1.29 is 24.7 Å². The van der Waals surface area contributed by atoms with Crippen LogP contribution < -0.4 is 10.9 Å². The number of nitro groups is 1. The smallest absolute Gasteiger partial charge is 0.407 e. The summed E-state index contributed by atoms with van der Waals surface area (Å²) >= 11 is 0. The van der Waals surface area contributed by atoms with Gasteiger partial charge in [0.15, 0.2) is 0 Å². The van der Waals surface area contributed by atoms with Crippen molar-refractivity contribution in [2.75, 3.05) is 6.54 Å². The number of aromatic nitrogens is 1. The third-order valence-corrected chi connectivity index (χ3v) is 2.67. The molecule has 23 heavy (non-hydrogen) atoms. The summed E-state index contributed by atoms with van der Waals surface area (Å²) in [5.41, 5.74) is -2.33. The van der Waals surface area contributed by atoms with Crippen LogP contribution in [0.5, 0.6) is 0 Å². The number of amides is 1. The van der Waals surface area contributed by atoms with Crippen LogP contribution in [0.15, 0.2) is 17.1 Å². The molecule has 0 saturated carbocycles. The number of H-pyrrole nitrogens is 1. The van der Waals surface area contributed by atoms with E-state index in [1.807, 2.05) is 0 Å². The third kappa shape index (κ3) is 5.68. The average molecular weight is 329 g/mol. The number of aliphatic hydroxyl groups is 2. The molecule has 0 fully saturated rings. The zero-order chi connectivity index (χ0) is 17.8. The first-order valence-electron chi connectivity index (χ1n) is 6.71. The maximum atomic E-state index is 11.6. The van der Waals surface area contributed by atoms with Crippen molar-refractivity contribution in [3.05, 3.63) is 38.3 Å². The van der Waals surface area contributed by atoms with Gasteiger partial charge in [-0.15, -0.1) is 0 Å². The molecule has 0 aromatic carbocycles. The highest BCUT2D eigenvalue weighted by Gasteiger charge is 2.25. The van der Waals surface area contributed by atoms with Crippen molar-refractivity contribution >= 4 is 11.8 Å². The number of hydrogen-bond donors (Lipinski definition) is 4. The van der Waals surface area contributed by atoms with Gasteiger partial charge in [-0.05, 0) is 20.8 Å². The lowest BCUT2D eigenvalue weighted by molar-refractivity contribution is -0.385. The average Bonchev–Trinajstić information content (AvgIpc) is 2.42. The minimum absolute atomic E-state index is 0.377. The second-order valence-corrected chi connectivity index (χ2v) is 5.79. The number of alkyl carbamates (subject to hydrolysis) is 1. The van der Waals surface area contributed by atoms with E-state index in [2.05, 4.69) is 10.3 Å². The first-order valence-corrected chi connectivity index (χ1v) is 6.71. The Hall–Kier alpha value is -2.46. The highest BCUT2D eigenvalue weighted by atomic mass is 16.6. The molecule has 0 aliphatic carbocycles. The molecule has 0 saturated heterocycles. The van der Waals surface area contributed by atoms with Crippen molar-refractivity contribution in [3.63, 3.8) is 0 Å². The molecule has 2 atom stereocenters. The fourth-order valence-electron chi connectivity index (χ4n) is 1.64. The van der Waals surface area contributed by atoms with E-state index in [0.717, 1.165) is 12.3 Å². The molecule has 10 nitrogen and oxygen atoms in total. The van der Waals surface area contributed by atoms with Crippen LogP contribution in [-0.2, 0) is 4.74 Å². The molecule has 0 aliphatic rings. The number of nitrogens with one attached hydrogen (secondary N) is 2. The van der Waals surface area contributed by atoms with Crippen molar-refractivity contribution in [1.82, 2.24) is 10.3 Å². The zero-order valence-electron chi connectivity index (χ0n) is 12.9. The minimum atomic E-state index is -1.71. The van der Waals surface area contributed by atoms with Crippen LogP contribution in [0, 0.1) is 10.1 Å². The van der Waals surface area contributed by atoms with E-state index in [1.165, 1.54) is 0 Å². The summed E-state index contributed by atoms with van der Waals surface area (Å²) in [5, 5.41) is 32.7. The van der Waals surface area contributed by atoms with Crippen LogP contribution in [0.3, 0.4) is 0 Å². The third-order valence-electron chi connectivity index (χ3n) is 2.67. The van der Waals surface area contributed by atoms with Gasteiger partial charge in [0.2, 0.25) is 0 Å². The molecule has 1 aromatic rings. The summed E-state index contributed by atoms with van der Waals surface area (Å²) < 4.78 is 4.95. The van der Waals surface area contributed by atoms with Gasteiger partial charge in [-0.3, -0.25) is 14.9 Å². The fraction of sp³-hybridized carbons (Fsp3) is 0.538. The fourth-order valence-corrected chi connectivity index (χ4v) is 1.64. The van der Waals surface area contributed by atoms with E-state index in [1.54, 1.807) is 20.8 Å². The summed E-state index contributed by atoms with van der Waals surface area (Å²) in [7, 11) is 0. The molecular weight excluding hydrogens is 310 g/mol. The SMILES string of the molecule is CC(C)(C)OC(=O)NCC(O)C(O)c1cc([N+](=O)[O-])c[nH]c1=O. The molecule has 128 valence electrons. The van der Waals surface area contributed by atoms with E-state index in [9.17, 15) is 29.9 Å².